The molecule has 48 heavy (non-hydrogen) atoms. The van der Waals surface area contributed by atoms with E-state index in [0.717, 1.165) is 16.9 Å². The molecule has 2 atom stereocenters. The summed E-state index contributed by atoms with van der Waals surface area (Å²) in [5.74, 6) is 0.345. The Bertz CT molecular complexity index is 1780. The Hall–Kier alpha value is -5.14. The Morgan fingerprint density at radius 1 is 0.688 bits per heavy atom. The Morgan fingerprint density at radius 3 is 1.73 bits per heavy atom. The molecule has 244 valence electrons. The minimum Gasteiger partial charge on any atom is -0.534 e. The van der Waals surface area contributed by atoms with Crippen LogP contribution in [0.15, 0.2) is 140 Å². The summed E-state index contributed by atoms with van der Waals surface area (Å²) in [5.41, 5.74) is 2.46. The minimum absolute atomic E-state index is 0.116. The summed E-state index contributed by atoms with van der Waals surface area (Å²) in [6.45, 7) is 6.89. The monoisotopic (exact) mass is 655 g/mol. The predicted octanol–water partition coefficient (Wildman–Crippen LogP) is 6.95. The van der Waals surface area contributed by atoms with Crippen molar-refractivity contribution in [1.82, 2.24) is 0 Å². The molecule has 5 aromatic rings. The zero-order valence-corrected chi connectivity index (χ0v) is 28.8. The van der Waals surface area contributed by atoms with Crippen molar-refractivity contribution in [3.05, 3.63) is 151 Å². The normalized spacial score (nSPS) is 16.2. The Morgan fingerprint density at radius 2 is 1.21 bits per heavy atom. The number of esters is 1. The molecule has 1 aliphatic heterocycles. The molecule has 0 spiro atoms. The highest BCUT2D eigenvalue weighted by molar-refractivity contribution is 7.00. The number of rotatable bonds is 11. The average Bonchev–Trinajstić information content (AvgIpc) is 3.12. The predicted molar refractivity (Wildman–Crippen MR) is 192 cm³/mol. The lowest BCUT2D eigenvalue weighted by atomic mass is 9.81. The molecule has 1 aliphatic rings. The molecule has 1 amide bonds. The van der Waals surface area contributed by atoms with Crippen molar-refractivity contribution in [3.63, 3.8) is 0 Å². The van der Waals surface area contributed by atoms with Gasteiger partial charge in [-0.3, -0.25) is 9.69 Å². The Balaban J connectivity index is 1.25. The van der Waals surface area contributed by atoms with E-state index in [-0.39, 0.29) is 17.6 Å². The van der Waals surface area contributed by atoms with Gasteiger partial charge in [0.1, 0.15) is 24.1 Å². The molecule has 7 heteroatoms. The van der Waals surface area contributed by atoms with Crippen molar-refractivity contribution in [1.29, 1.82) is 0 Å². The second kappa shape index (κ2) is 13.9. The first-order chi connectivity index (χ1) is 23.2. The number of β-lactam (4-membered cyclic amide) rings is 1. The van der Waals surface area contributed by atoms with Crippen molar-refractivity contribution in [2.45, 2.75) is 44.9 Å². The van der Waals surface area contributed by atoms with E-state index in [2.05, 4.69) is 69.3 Å². The smallest absolute Gasteiger partial charge is 0.330 e. The summed E-state index contributed by atoms with van der Waals surface area (Å²) in [6, 6.07) is 45.0. The van der Waals surface area contributed by atoms with Gasteiger partial charge in [-0.15, -0.1) is 0 Å². The van der Waals surface area contributed by atoms with E-state index < -0.39 is 26.2 Å². The van der Waals surface area contributed by atoms with Gasteiger partial charge in [-0.2, -0.15) is 0 Å². The molecule has 5 aromatic carbocycles. The molecule has 0 unspecified atom stereocenters. The van der Waals surface area contributed by atoms with E-state index in [1.807, 2.05) is 66.7 Å². The maximum atomic E-state index is 13.7. The van der Waals surface area contributed by atoms with E-state index >= 15 is 0 Å². The number of carbonyl (C=O) groups is 2. The fraction of sp³-hybridized carbons (Fsp3) is 0.220. The van der Waals surface area contributed by atoms with Gasteiger partial charge in [-0.25, -0.2) is 4.79 Å². The largest absolute Gasteiger partial charge is 0.534 e. The fourth-order valence-corrected chi connectivity index (χ4v) is 11.1. The van der Waals surface area contributed by atoms with Gasteiger partial charge in [-0.1, -0.05) is 124 Å². The first-order valence-corrected chi connectivity index (χ1v) is 18.2. The molecule has 6 nitrogen and oxygen atoms in total. The molecule has 0 aromatic heterocycles. The van der Waals surface area contributed by atoms with Gasteiger partial charge in [0.25, 0.3) is 0 Å². The molecule has 0 aliphatic carbocycles. The summed E-state index contributed by atoms with van der Waals surface area (Å²) in [6.07, 6.45) is 0.399. The number of benzene rings is 5. The summed E-state index contributed by atoms with van der Waals surface area (Å²) in [5, 5.41) is 2.22. The van der Waals surface area contributed by atoms with E-state index in [0.29, 0.717) is 17.9 Å². The van der Waals surface area contributed by atoms with Crippen LogP contribution in [0.25, 0.3) is 0 Å². The molecule has 0 radical (unpaired) electrons. The van der Waals surface area contributed by atoms with Gasteiger partial charge in [0.05, 0.1) is 13.0 Å². The quantitative estimate of drug-likeness (QED) is 0.0876. The highest BCUT2D eigenvalue weighted by Crippen LogP contribution is 2.39. The van der Waals surface area contributed by atoms with Crippen LogP contribution in [-0.4, -0.2) is 33.3 Å². The molecule has 0 saturated carbocycles. The van der Waals surface area contributed by atoms with Crippen LogP contribution in [0.4, 0.5) is 5.69 Å². The SMILES string of the molecule is COc1ccc(N2C(=O)[C@@H](Cc3ccc(O[Si](c4ccccc4)(c4ccccc4)C(C)(C)C)cc3)[C@H]2C(=O)OCc2ccccc2)cc1. The van der Waals surface area contributed by atoms with Crippen LogP contribution in [0.2, 0.25) is 5.04 Å². The molecule has 1 saturated heterocycles. The maximum absolute atomic E-state index is 13.7. The minimum atomic E-state index is -2.79. The third kappa shape index (κ3) is 6.51. The van der Waals surface area contributed by atoms with Crippen LogP contribution >= 0.6 is 0 Å². The summed E-state index contributed by atoms with van der Waals surface area (Å²) in [4.78, 5) is 28.8. The van der Waals surface area contributed by atoms with E-state index in [1.54, 1.807) is 31.4 Å². The van der Waals surface area contributed by atoms with Crippen molar-refractivity contribution in [2.75, 3.05) is 12.0 Å². The second-order valence-corrected chi connectivity index (χ2v) is 17.4. The van der Waals surface area contributed by atoms with Crippen molar-refractivity contribution < 1.29 is 23.5 Å². The number of ether oxygens (including phenoxy) is 2. The molecule has 1 heterocycles. The summed E-state index contributed by atoms with van der Waals surface area (Å²) >= 11 is 0. The maximum Gasteiger partial charge on any atom is 0.330 e. The van der Waals surface area contributed by atoms with Crippen molar-refractivity contribution >= 4 is 36.3 Å². The molecule has 1 fully saturated rings. The highest BCUT2D eigenvalue weighted by atomic mass is 28.4. The van der Waals surface area contributed by atoms with E-state index in [1.165, 1.54) is 15.3 Å². The number of carbonyl (C=O) groups excluding carboxylic acids is 2. The van der Waals surface area contributed by atoms with Crippen LogP contribution in [0.3, 0.4) is 0 Å². The number of hydrogen-bond acceptors (Lipinski definition) is 5. The third-order valence-electron chi connectivity index (χ3n) is 9.10. The van der Waals surface area contributed by atoms with Gasteiger partial charge >= 0.3 is 14.3 Å². The lowest BCUT2D eigenvalue weighted by molar-refractivity contribution is -0.155. The fourth-order valence-electron chi connectivity index (χ4n) is 6.64. The van der Waals surface area contributed by atoms with Gasteiger partial charge in [0.2, 0.25) is 5.91 Å². The first-order valence-electron chi connectivity index (χ1n) is 16.3. The molecule has 0 N–H and O–H groups in total. The molecule has 0 bridgehead atoms. The van der Waals surface area contributed by atoms with Gasteiger partial charge in [0.15, 0.2) is 0 Å². The van der Waals surface area contributed by atoms with Crippen LogP contribution < -0.4 is 24.4 Å². The average molecular weight is 656 g/mol. The lowest BCUT2D eigenvalue weighted by Crippen LogP contribution is -2.68. The first kappa shape index (κ1) is 32.8. The Labute approximate surface area is 284 Å². The van der Waals surface area contributed by atoms with Crippen LogP contribution in [-0.2, 0) is 27.4 Å². The molecule has 6 rings (SSSR count). The topological polar surface area (TPSA) is 65.1 Å². The number of anilines is 1. The van der Waals surface area contributed by atoms with Crippen molar-refractivity contribution in [2.24, 2.45) is 5.92 Å². The molecular weight excluding hydrogens is 615 g/mol. The van der Waals surface area contributed by atoms with E-state index in [9.17, 15) is 9.59 Å². The van der Waals surface area contributed by atoms with Crippen LogP contribution in [0.1, 0.15) is 31.9 Å². The zero-order chi connectivity index (χ0) is 33.7. The van der Waals surface area contributed by atoms with E-state index in [4.69, 9.17) is 13.9 Å². The second-order valence-electron chi connectivity index (χ2n) is 13.2. The van der Waals surface area contributed by atoms with Gasteiger partial charge < -0.3 is 13.9 Å². The Kier molecular flexibility index (Phi) is 9.51. The number of amides is 1. The number of methoxy groups -OCH3 is 1. The van der Waals surface area contributed by atoms with Gasteiger partial charge in [0, 0.05) is 5.69 Å². The lowest BCUT2D eigenvalue weighted by Gasteiger charge is -2.45. The summed E-state index contributed by atoms with van der Waals surface area (Å²) in [7, 11) is -1.20. The highest BCUT2D eigenvalue weighted by Gasteiger charge is 2.54. The van der Waals surface area contributed by atoms with Crippen LogP contribution in [0, 0.1) is 5.92 Å². The number of hydrogen-bond donors (Lipinski definition) is 0. The van der Waals surface area contributed by atoms with Crippen LogP contribution in [0.5, 0.6) is 11.5 Å². The van der Waals surface area contributed by atoms with Crippen molar-refractivity contribution in [3.8, 4) is 11.5 Å². The number of nitrogens with zero attached hydrogens (tertiary/aromatic N) is 1. The third-order valence-corrected chi connectivity index (χ3v) is 14.0. The molecular formula is C41H41NO5Si. The zero-order valence-electron chi connectivity index (χ0n) is 27.8. The summed E-state index contributed by atoms with van der Waals surface area (Å²) < 4.78 is 18.2. The van der Waals surface area contributed by atoms with Gasteiger partial charge in [-0.05, 0) is 69.4 Å². The standard InChI is InChI=1S/C41H41NO5Si/c1-41(2,3)48(35-16-10-6-11-17-35,36-18-12-7-13-19-36)47-34-24-20-30(21-25-34)28-37-38(40(44)46-29-31-14-8-5-9-15-31)42(39(37)43)32-22-26-33(45-4)27-23-32/h5-27,37-38H,28-29H2,1-4H3/t37-,38-/m0/s1.